The number of nitrogens with one attached hydrogen (secondary N) is 1. The van der Waals surface area contributed by atoms with Crippen molar-refractivity contribution in [3.05, 3.63) is 30.1 Å². The second kappa shape index (κ2) is 6.18. The molecule has 3 rings (SSSR count). The van der Waals surface area contributed by atoms with Gasteiger partial charge in [-0.25, -0.2) is 4.98 Å². The Balaban J connectivity index is 1.89. The zero-order valence-electron chi connectivity index (χ0n) is 13.5. The van der Waals surface area contributed by atoms with Gasteiger partial charge >= 0.3 is 0 Å². The van der Waals surface area contributed by atoms with E-state index in [-0.39, 0.29) is 0 Å². The molecule has 0 amide bonds. The van der Waals surface area contributed by atoms with Gasteiger partial charge in [-0.15, -0.1) is 0 Å². The van der Waals surface area contributed by atoms with Crippen molar-refractivity contribution in [2.45, 2.75) is 52.1 Å². The molecular weight excluding hydrogens is 258 g/mol. The second-order valence-electron chi connectivity index (χ2n) is 6.46. The maximum Gasteiger partial charge on any atom is 0.111 e. The van der Waals surface area contributed by atoms with Crippen LogP contribution in [0, 0.1) is 11.8 Å². The largest absolute Gasteiger partial charge is 0.328 e. The minimum Gasteiger partial charge on any atom is -0.328 e. The summed E-state index contributed by atoms with van der Waals surface area (Å²) < 4.78 is 2.42. The van der Waals surface area contributed by atoms with Gasteiger partial charge < -0.3 is 9.88 Å². The van der Waals surface area contributed by atoms with Crippen LogP contribution in [0.25, 0.3) is 11.0 Å². The van der Waals surface area contributed by atoms with Crippen LogP contribution in [0.4, 0.5) is 0 Å². The highest BCUT2D eigenvalue weighted by atomic mass is 15.1. The molecule has 2 unspecified atom stereocenters. The van der Waals surface area contributed by atoms with Gasteiger partial charge in [-0.3, -0.25) is 0 Å². The third-order valence-electron chi connectivity index (χ3n) is 4.95. The Morgan fingerprint density at radius 2 is 2.10 bits per heavy atom. The first-order valence-corrected chi connectivity index (χ1v) is 8.36. The number of likely N-dealkylation sites (N-methyl/N-ethyl adjacent to an activating group) is 1. The molecule has 0 aliphatic heterocycles. The van der Waals surface area contributed by atoms with Crippen LogP contribution < -0.4 is 5.32 Å². The Kier molecular flexibility index (Phi) is 4.29. The van der Waals surface area contributed by atoms with Gasteiger partial charge in [0.15, 0.2) is 0 Å². The molecule has 1 aliphatic carbocycles. The first kappa shape index (κ1) is 14.6. The van der Waals surface area contributed by atoms with Crippen LogP contribution in [0.1, 0.15) is 38.9 Å². The Bertz CT molecular complexity index is 598. The van der Waals surface area contributed by atoms with Crippen molar-refractivity contribution < 1.29 is 0 Å². The molecule has 1 heterocycles. The predicted molar refractivity (Wildman–Crippen MR) is 88.5 cm³/mol. The highest BCUT2D eigenvalue weighted by Gasteiger charge is 2.33. The summed E-state index contributed by atoms with van der Waals surface area (Å²) in [6.45, 7) is 5.69. The summed E-state index contributed by atoms with van der Waals surface area (Å²) >= 11 is 0. The van der Waals surface area contributed by atoms with E-state index in [0.717, 1.165) is 36.7 Å². The number of hydrogen-bond acceptors (Lipinski definition) is 2. The first-order chi connectivity index (χ1) is 10.2. The third kappa shape index (κ3) is 2.98. The summed E-state index contributed by atoms with van der Waals surface area (Å²) in [6.07, 6.45) is 4.99. The topological polar surface area (TPSA) is 29.9 Å². The fourth-order valence-corrected chi connectivity index (χ4v) is 3.45. The maximum absolute atomic E-state index is 4.90. The van der Waals surface area contributed by atoms with Gasteiger partial charge in [-0.2, -0.15) is 0 Å². The lowest BCUT2D eigenvalue weighted by atomic mass is 9.94. The van der Waals surface area contributed by atoms with Crippen molar-refractivity contribution in [2.75, 3.05) is 7.05 Å². The monoisotopic (exact) mass is 285 g/mol. The van der Waals surface area contributed by atoms with Crippen LogP contribution in [-0.2, 0) is 13.0 Å². The van der Waals surface area contributed by atoms with Gasteiger partial charge in [0.2, 0.25) is 0 Å². The van der Waals surface area contributed by atoms with Crippen LogP contribution in [0.15, 0.2) is 24.3 Å². The Labute approximate surface area is 127 Å². The lowest BCUT2D eigenvalue weighted by molar-refractivity contribution is 0.350. The Morgan fingerprint density at radius 3 is 2.76 bits per heavy atom. The molecule has 1 fully saturated rings. The fraction of sp³-hybridized carbons (Fsp3) is 0.611. The fourth-order valence-electron chi connectivity index (χ4n) is 3.45. The average Bonchev–Trinajstić information content (AvgIpc) is 3.29. The molecule has 0 spiro atoms. The lowest BCUT2D eigenvalue weighted by Gasteiger charge is -2.23. The number of rotatable bonds is 7. The van der Waals surface area contributed by atoms with E-state index < -0.39 is 0 Å². The van der Waals surface area contributed by atoms with Crippen LogP contribution >= 0.6 is 0 Å². The van der Waals surface area contributed by atoms with E-state index >= 15 is 0 Å². The van der Waals surface area contributed by atoms with E-state index in [1.807, 2.05) is 0 Å². The van der Waals surface area contributed by atoms with Crippen LogP contribution in [0.2, 0.25) is 0 Å². The van der Waals surface area contributed by atoms with Gasteiger partial charge in [0, 0.05) is 19.0 Å². The molecule has 3 heteroatoms. The number of fused-ring (bicyclic) bond motifs is 1. The molecule has 0 bridgehead atoms. The van der Waals surface area contributed by atoms with Crippen molar-refractivity contribution in [3.8, 4) is 0 Å². The number of para-hydroxylation sites is 2. The summed E-state index contributed by atoms with van der Waals surface area (Å²) in [5, 5.41) is 3.53. The Morgan fingerprint density at radius 1 is 1.33 bits per heavy atom. The number of hydrogen-bond donors (Lipinski definition) is 1. The third-order valence-corrected chi connectivity index (χ3v) is 4.95. The molecular formula is C18H27N3. The Hall–Kier alpha value is -1.35. The standard InChI is InChI=1S/C18H27N3/c1-4-11-21-17-8-6-5-7-15(17)20-18(21)12-16(19-3)13(2)14-9-10-14/h5-8,13-14,16,19H,4,9-12H2,1-3H3. The summed E-state index contributed by atoms with van der Waals surface area (Å²) in [7, 11) is 2.09. The zero-order valence-corrected chi connectivity index (χ0v) is 13.5. The summed E-state index contributed by atoms with van der Waals surface area (Å²) in [5.74, 6) is 2.90. The highest BCUT2D eigenvalue weighted by Crippen LogP contribution is 2.38. The molecule has 2 atom stereocenters. The highest BCUT2D eigenvalue weighted by molar-refractivity contribution is 5.75. The lowest BCUT2D eigenvalue weighted by Crippen LogP contribution is -2.36. The van der Waals surface area contributed by atoms with E-state index in [2.05, 4.69) is 55.0 Å². The number of nitrogens with zero attached hydrogens (tertiary/aromatic N) is 2. The van der Waals surface area contributed by atoms with E-state index in [4.69, 9.17) is 4.98 Å². The van der Waals surface area contributed by atoms with Gasteiger partial charge in [0.05, 0.1) is 11.0 Å². The molecule has 21 heavy (non-hydrogen) atoms. The van der Waals surface area contributed by atoms with Crippen molar-refractivity contribution in [1.29, 1.82) is 0 Å². The quantitative estimate of drug-likeness (QED) is 0.842. The second-order valence-corrected chi connectivity index (χ2v) is 6.46. The zero-order chi connectivity index (χ0) is 14.8. The van der Waals surface area contributed by atoms with Crippen LogP contribution in [0.5, 0.6) is 0 Å². The van der Waals surface area contributed by atoms with E-state index in [1.165, 1.54) is 24.2 Å². The van der Waals surface area contributed by atoms with E-state index in [0.29, 0.717) is 6.04 Å². The summed E-state index contributed by atoms with van der Waals surface area (Å²) in [5.41, 5.74) is 2.41. The van der Waals surface area contributed by atoms with E-state index in [1.54, 1.807) is 0 Å². The molecule has 1 aromatic carbocycles. The first-order valence-electron chi connectivity index (χ1n) is 8.36. The average molecular weight is 285 g/mol. The van der Waals surface area contributed by atoms with Crippen molar-refractivity contribution >= 4 is 11.0 Å². The number of aromatic nitrogens is 2. The predicted octanol–water partition coefficient (Wildman–Crippen LogP) is 3.62. The molecule has 0 radical (unpaired) electrons. The van der Waals surface area contributed by atoms with E-state index in [9.17, 15) is 0 Å². The maximum atomic E-state index is 4.90. The molecule has 3 nitrogen and oxygen atoms in total. The molecule has 1 aromatic heterocycles. The molecule has 1 saturated carbocycles. The molecule has 0 saturated heterocycles. The number of aryl methyl sites for hydroxylation is 1. The van der Waals surface area contributed by atoms with Crippen LogP contribution in [-0.4, -0.2) is 22.6 Å². The minimum absolute atomic E-state index is 0.532. The van der Waals surface area contributed by atoms with Crippen molar-refractivity contribution in [2.24, 2.45) is 11.8 Å². The molecule has 1 aliphatic rings. The molecule has 1 N–H and O–H groups in total. The number of imidazole rings is 1. The normalized spacial score (nSPS) is 18.0. The van der Waals surface area contributed by atoms with Gasteiger partial charge in [0.25, 0.3) is 0 Å². The van der Waals surface area contributed by atoms with Gasteiger partial charge in [0.1, 0.15) is 5.82 Å². The SMILES string of the molecule is CCCn1c(CC(NC)C(C)C2CC2)nc2ccccc21. The van der Waals surface area contributed by atoms with Gasteiger partial charge in [-0.1, -0.05) is 26.0 Å². The van der Waals surface area contributed by atoms with Crippen molar-refractivity contribution in [3.63, 3.8) is 0 Å². The number of benzene rings is 1. The van der Waals surface area contributed by atoms with Gasteiger partial charge in [-0.05, 0) is 50.3 Å². The molecule has 2 aromatic rings. The van der Waals surface area contributed by atoms with Crippen molar-refractivity contribution in [1.82, 2.24) is 14.9 Å². The smallest absolute Gasteiger partial charge is 0.111 e. The molecule has 114 valence electrons. The summed E-state index contributed by atoms with van der Waals surface area (Å²) in [4.78, 5) is 4.90. The summed E-state index contributed by atoms with van der Waals surface area (Å²) in [6, 6.07) is 9.05. The minimum atomic E-state index is 0.532. The van der Waals surface area contributed by atoms with Crippen LogP contribution in [0.3, 0.4) is 0 Å².